The molecule has 140 valence electrons. The highest BCUT2D eigenvalue weighted by molar-refractivity contribution is 5.31. The summed E-state index contributed by atoms with van der Waals surface area (Å²) in [5.41, 5.74) is 3.57. The summed E-state index contributed by atoms with van der Waals surface area (Å²) in [7, 11) is 0. The minimum Gasteiger partial charge on any atom is -0.491 e. The second-order valence-corrected chi connectivity index (χ2v) is 6.39. The highest BCUT2D eigenvalue weighted by atomic mass is 19.1. The van der Waals surface area contributed by atoms with Crippen LogP contribution in [0.5, 0.6) is 5.75 Å². The van der Waals surface area contributed by atoms with Gasteiger partial charge < -0.3 is 9.84 Å². The Hall–Kier alpha value is -2.86. The molecule has 0 fully saturated rings. The third-order valence-corrected chi connectivity index (χ3v) is 4.20. The number of rotatable bonds is 8. The number of aromatic nitrogens is 3. The van der Waals surface area contributed by atoms with Crippen LogP contribution in [0.4, 0.5) is 4.39 Å². The molecule has 27 heavy (non-hydrogen) atoms. The predicted octanol–water partition coefficient (Wildman–Crippen LogP) is 3.32. The van der Waals surface area contributed by atoms with E-state index in [1.807, 2.05) is 12.1 Å². The van der Waals surface area contributed by atoms with Crippen molar-refractivity contribution in [3.05, 3.63) is 83.5 Å². The van der Waals surface area contributed by atoms with Gasteiger partial charge in [-0.2, -0.15) is 0 Å². The molecule has 0 radical (unpaired) electrons. The second-order valence-electron chi connectivity index (χ2n) is 6.39. The Bertz CT molecular complexity index is 857. The average molecular weight is 367 g/mol. The number of hydrogen-bond donors (Lipinski definition) is 1. The van der Waals surface area contributed by atoms with E-state index in [0.29, 0.717) is 18.6 Å². The fourth-order valence-electron chi connectivity index (χ4n) is 2.89. The molecule has 0 bridgehead atoms. The lowest BCUT2D eigenvalue weighted by atomic mass is 9.95. The number of pyridine rings is 1. The van der Waals surface area contributed by atoms with Crippen molar-refractivity contribution in [2.75, 3.05) is 13.2 Å². The van der Waals surface area contributed by atoms with E-state index >= 15 is 0 Å². The lowest BCUT2D eigenvalue weighted by Crippen LogP contribution is -2.07. The highest BCUT2D eigenvalue weighted by Gasteiger charge is 2.11. The molecule has 0 aliphatic carbocycles. The van der Waals surface area contributed by atoms with Gasteiger partial charge in [-0.25, -0.2) is 4.39 Å². The number of hydrogen-bond acceptors (Lipinski definition) is 5. The summed E-state index contributed by atoms with van der Waals surface area (Å²) in [6.07, 6.45) is 6.23. The van der Waals surface area contributed by atoms with Crippen LogP contribution in [0.25, 0.3) is 0 Å². The summed E-state index contributed by atoms with van der Waals surface area (Å²) in [6.45, 7) is 2.25. The first-order chi connectivity index (χ1) is 13.1. The molecule has 0 saturated heterocycles. The van der Waals surface area contributed by atoms with Gasteiger partial charge in [-0.05, 0) is 30.0 Å². The first-order valence-corrected chi connectivity index (χ1v) is 8.88. The fourth-order valence-corrected chi connectivity index (χ4v) is 2.89. The molecule has 0 aliphatic heterocycles. The van der Waals surface area contributed by atoms with E-state index < -0.39 is 0 Å². The smallest absolute Gasteiger partial charge is 0.123 e. The largest absolute Gasteiger partial charge is 0.491 e. The van der Waals surface area contributed by atoms with E-state index in [9.17, 15) is 4.39 Å². The third kappa shape index (κ3) is 5.56. The zero-order valence-electron chi connectivity index (χ0n) is 15.2. The summed E-state index contributed by atoms with van der Waals surface area (Å²) >= 11 is 0. The van der Waals surface area contributed by atoms with Crippen LogP contribution >= 0.6 is 0 Å². The summed E-state index contributed by atoms with van der Waals surface area (Å²) in [5, 5.41) is 9.03. The van der Waals surface area contributed by atoms with Gasteiger partial charge >= 0.3 is 0 Å². The van der Waals surface area contributed by atoms with Crippen LogP contribution in [-0.2, 0) is 12.8 Å². The molecule has 1 atom stereocenters. The van der Waals surface area contributed by atoms with E-state index in [0.717, 1.165) is 22.6 Å². The summed E-state index contributed by atoms with van der Waals surface area (Å²) in [4.78, 5) is 13.1. The number of halogens is 1. The van der Waals surface area contributed by atoms with Gasteiger partial charge in [-0.15, -0.1) is 0 Å². The highest BCUT2D eigenvalue weighted by Crippen LogP contribution is 2.23. The van der Waals surface area contributed by atoms with E-state index in [2.05, 4.69) is 16.9 Å². The summed E-state index contributed by atoms with van der Waals surface area (Å²) in [5.74, 6) is 0.601. The van der Waals surface area contributed by atoms with Crippen molar-refractivity contribution in [1.29, 1.82) is 0 Å². The van der Waals surface area contributed by atoms with Crippen molar-refractivity contribution >= 4 is 0 Å². The number of ether oxygens (including phenoxy) is 1. The molecule has 6 heteroatoms. The van der Waals surface area contributed by atoms with E-state index in [1.54, 1.807) is 30.7 Å². The molecule has 3 rings (SSSR count). The molecule has 5 nitrogen and oxygen atoms in total. The molecule has 0 aliphatic rings. The normalized spacial score (nSPS) is 12.0. The molecule has 0 spiro atoms. The molecule has 0 amide bonds. The van der Waals surface area contributed by atoms with Crippen molar-refractivity contribution in [2.24, 2.45) is 0 Å². The minimum atomic E-state index is -0.241. The second kappa shape index (κ2) is 9.19. The molecular formula is C21H22FN3O2. The van der Waals surface area contributed by atoms with Gasteiger partial charge in [0.05, 0.1) is 18.0 Å². The topological polar surface area (TPSA) is 68.1 Å². The van der Waals surface area contributed by atoms with Crippen molar-refractivity contribution in [2.45, 2.75) is 25.7 Å². The maximum atomic E-state index is 13.1. The number of aliphatic hydroxyl groups is 1. The van der Waals surface area contributed by atoms with Crippen LogP contribution < -0.4 is 4.74 Å². The van der Waals surface area contributed by atoms with Gasteiger partial charge in [0.1, 0.15) is 18.2 Å². The zero-order valence-corrected chi connectivity index (χ0v) is 15.2. The SMILES string of the molecule is C[C@H](Cc1cc(OCCO)cc(Cc2cnccn2)n1)c1ccc(F)cc1. The van der Waals surface area contributed by atoms with Crippen LogP contribution in [0.1, 0.15) is 35.5 Å². The lowest BCUT2D eigenvalue weighted by Gasteiger charge is -2.14. The average Bonchev–Trinajstić information content (AvgIpc) is 2.67. The maximum absolute atomic E-state index is 13.1. The van der Waals surface area contributed by atoms with Gasteiger partial charge in [-0.3, -0.25) is 15.0 Å². The molecule has 0 unspecified atom stereocenters. The first-order valence-electron chi connectivity index (χ1n) is 8.88. The lowest BCUT2D eigenvalue weighted by molar-refractivity contribution is 0.201. The van der Waals surface area contributed by atoms with Crippen LogP contribution in [0.2, 0.25) is 0 Å². The standard InChI is InChI=1S/C21H22FN3O2/c1-15(16-2-4-17(22)5-3-16)10-18-12-21(27-9-8-26)13-19(25-18)11-20-14-23-6-7-24-20/h2-7,12-15,26H,8-11H2,1H3/t15-/m1/s1. The number of aliphatic hydroxyl groups excluding tert-OH is 1. The van der Waals surface area contributed by atoms with Crippen molar-refractivity contribution < 1.29 is 14.2 Å². The molecular weight excluding hydrogens is 345 g/mol. The molecule has 3 aromatic rings. The maximum Gasteiger partial charge on any atom is 0.123 e. The van der Waals surface area contributed by atoms with E-state index in [4.69, 9.17) is 14.8 Å². The van der Waals surface area contributed by atoms with Gasteiger partial charge in [0, 0.05) is 42.8 Å². The third-order valence-electron chi connectivity index (χ3n) is 4.20. The fraction of sp³-hybridized carbons (Fsp3) is 0.286. The first kappa shape index (κ1) is 18.9. The molecule has 0 saturated carbocycles. The van der Waals surface area contributed by atoms with Gasteiger partial charge in [0.25, 0.3) is 0 Å². The van der Waals surface area contributed by atoms with Crippen molar-refractivity contribution in [3.63, 3.8) is 0 Å². The van der Waals surface area contributed by atoms with Crippen LogP contribution in [0, 0.1) is 5.82 Å². The Morgan fingerprint density at radius 3 is 2.56 bits per heavy atom. The Morgan fingerprint density at radius 1 is 1.07 bits per heavy atom. The van der Waals surface area contributed by atoms with Crippen LogP contribution in [-0.4, -0.2) is 33.3 Å². The Kier molecular flexibility index (Phi) is 6.44. The summed E-state index contributed by atoms with van der Waals surface area (Å²) in [6, 6.07) is 10.3. The zero-order chi connectivity index (χ0) is 19.1. The Labute approximate surface area is 157 Å². The van der Waals surface area contributed by atoms with Crippen LogP contribution in [0.3, 0.4) is 0 Å². The minimum absolute atomic E-state index is 0.0524. The number of benzene rings is 1. The van der Waals surface area contributed by atoms with Gasteiger partial charge in [-0.1, -0.05) is 19.1 Å². The van der Waals surface area contributed by atoms with Gasteiger partial charge in [0.2, 0.25) is 0 Å². The number of nitrogens with zero attached hydrogens (tertiary/aromatic N) is 3. The van der Waals surface area contributed by atoms with Crippen LogP contribution in [0.15, 0.2) is 55.0 Å². The summed E-state index contributed by atoms with van der Waals surface area (Å²) < 4.78 is 18.7. The molecule has 2 heterocycles. The van der Waals surface area contributed by atoms with E-state index in [-0.39, 0.29) is 24.9 Å². The Morgan fingerprint density at radius 2 is 1.85 bits per heavy atom. The van der Waals surface area contributed by atoms with Crippen molar-refractivity contribution in [1.82, 2.24) is 15.0 Å². The van der Waals surface area contributed by atoms with Crippen molar-refractivity contribution in [3.8, 4) is 5.75 Å². The predicted molar refractivity (Wildman–Crippen MR) is 100 cm³/mol. The molecule has 1 N–H and O–H groups in total. The van der Waals surface area contributed by atoms with E-state index in [1.165, 1.54) is 12.1 Å². The van der Waals surface area contributed by atoms with Gasteiger partial charge in [0.15, 0.2) is 0 Å². The quantitative estimate of drug-likeness (QED) is 0.661. The Balaban J connectivity index is 1.81. The molecule has 1 aromatic carbocycles. The monoisotopic (exact) mass is 367 g/mol. The molecule has 2 aromatic heterocycles.